The number of aliphatic hydroxyl groups excluding tert-OH is 1. The SMILES string of the molecule is CC(CO)N/N=C1\CC(C)C1C. The number of nitrogens with zero attached hydrogens (tertiary/aromatic N) is 1. The van der Waals surface area contributed by atoms with Gasteiger partial charge in [-0.25, -0.2) is 0 Å². The molecule has 12 heavy (non-hydrogen) atoms. The smallest absolute Gasteiger partial charge is 0.0646 e. The predicted molar refractivity (Wildman–Crippen MR) is 50.1 cm³/mol. The lowest BCUT2D eigenvalue weighted by Gasteiger charge is -2.32. The lowest BCUT2D eigenvalue weighted by atomic mass is 9.74. The van der Waals surface area contributed by atoms with Crippen molar-refractivity contribution in [3.63, 3.8) is 0 Å². The van der Waals surface area contributed by atoms with Crippen LogP contribution in [0.5, 0.6) is 0 Å². The van der Waals surface area contributed by atoms with Crippen molar-refractivity contribution in [1.82, 2.24) is 5.43 Å². The molecule has 1 aliphatic carbocycles. The fourth-order valence-corrected chi connectivity index (χ4v) is 1.24. The van der Waals surface area contributed by atoms with Crippen LogP contribution in [0.4, 0.5) is 0 Å². The molecule has 0 radical (unpaired) electrons. The first kappa shape index (κ1) is 9.52. The van der Waals surface area contributed by atoms with Crippen LogP contribution in [0.15, 0.2) is 5.10 Å². The first-order chi connectivity index (χ1) is 5.65. The molecule has 0 saturated heterocycles. The summed E-state index contributed by atoms with van der Waals surface area (Å²) in [5, 5.41) is 13.0. The highest BCUT2D eigenvalue weighted by Gasteiger charge is 2.29. The number of hydrogen-bond acceptors (Lipinski definition) is 3. The van der Waals surface area contributed by atoms with Crippen molar-refractivity contribution in [2.24, 2.45) is 16.9 Å². The quantitative estimate of drug-likeness (QED) is 0.620. The van der Waals surface area contributed by atoms with E-state index in [1.807, 2.05) is 6.92 Å². The van der Waals surface area contributed by atoms with E-state index in [9.17, 15) is 0 Å². The molecule has 0 aromatic carbocycles. The molecule has 1 rings (SSSR count). The fraction of sp³-hybridized carbons (Fsp3) is 0.889. The Morgan fingerprint density at radius 1 is 1.67 bits per heavy atom. The Morgan fingerprint density at radius 3 is 2.75 bits per heavy atom. The Labute approximate surface area is 73.9 Å². The molecule has 1 fully saturated rings. The summed E-state index contributed by atoms with van der Waals surface area (Å²) < 4.78 is 0. The maximum Gasteiger partial charge on any atom is 0.0646 e. The van der Waals surface area contributed by atoms with Gasteiger partial charge in [-0.1, -0.05) is 13.8 Å². The molecule has 0 spiro atoms. The van der Waals surface area contributed by atoms with Gasteiger partial charge < -0.3 is 10.5 Å². The molecule has 0 bridgehead atoms. The first-order valence-corrected chi connectivity index (χ1v) is 4.58. The first-order valence-electron chi connectivity index (χ1n) is 4.58. The van der Waals surface area contributed by atoms with Crippen molar-refractivity contribution in [2.45, 2.75) is 33.2 Å². The number of hydrazone groups is 1. The van der Waals surface area contributed by atoms with Gasteiger partial charge >= 0.3 is 0 Å². The number of nitrogens with one attached hydrogen (secondary N) is 1. The minimum Gasteiger partial charge on any atom is -0.394 e. The molecule has 0 aliphatic heterocycles. The summed E-state index contributed by atoms with van der Waals surface area (Å²) in [6.07, 6.45) is 1.10. The van der Waals surface area contributed by atoms with E-state index >= 15 is 0 Å². The highest BCUT2D eigenvalue weighted by molar-refractivity contribution is 5.92. The average Bonchev–Trinajstić information content (AvgIpc) is 2.10. The van der Waals surface area contributed by atoms with E-state index in [4.69, 9.17) is 5.11 Å². The molecule has 1 saturated carbocycles. The Morgan fingerprint density at radius 2 is 2.33 bits per heavy atom. The van der Waals surface area contributed by atoms with Gasteiger partial charge in [-0.15, -0.1) is 0 Å². The largest absolute Gasteiger partial charge is 0.394 e. The van der Waals surface area contributed by atoms with Gasteiger partial charge in [0.05, 0.1) is 12.6 Å². The summed E-state index contributed by atoms with van der Waals surface area (Å²) in [5.41, 5.74) is 4.16. The second kappa shape index (κ2) is 3.90. The van der Waals surface area contributed by atoms with Crippen LogP contribution in [-0.4, -0.2) is 23.5 Å². The van der Waals surface area contributed by atoms with Crippen molar-refractivity contribution in [3.05, 3.63) is 0 Å². The van der Waals surface area contributed by atoms with Crippen LogP contribution in [-0.2, 0) is 0 Å². The van der Waals surface area contributed by atoms with Crippen molar-refractivity contribution in [3.8, 4) is 0 Å². The third kappa shape index (κ3) is 1.97. The fourth-order valence-electron chi connectivity index (χ4n) is 1.24. The molecule has 2 N–H and O–H groups in total. The summed E-state index contributed by atoms with van der Waals surface area (Å²) in [4.78, 5) is 0. The van der Waals surface area contributed by atoms with Gasteiger partial charge in [-0.3, -0.25) is 0 Å². The molecule has 0 aromatic rings. The van der Waals surface area contributed by atoms with Crippen molar-refractivity contribution >= 4 is 5.71 Å². The normalized spacial score (nSPS) is 34.5. The molecule has 3 atom stereocenters. The summed E-state index contributed by atoms with van der Waals surface area (Å²) in [7, 11) is 0. The summed E-state index contributed by atoms with van der Waals surface area (Å²) in [6, 6.07) is 0.0700. The van der Waals surface area contributed by atoms with Crippen molar-refractivity contribution < 1.29 is 5.11 Å². The lowest BCUT2D eigenvalue weighted by Crippen LogP contribution is -2.36. The van der Waals surface area contributed by atoms with Crippen LogP contribution >= 0.6 is 0 Å². The van der Waals surface area contributed by atoms with E-state index in [2.05, 4.69) is 24.4 Å². The zero-order chi connectivity index (χ0) is 9.14. The van der Waals surface area contributed by atoms with E-state index in [-0.39, 0.29) is 12.6 Å². The maximum absolute atomic E-state index is 8.72. The van der Waals surface area contributed by atoms with Crippen molar-refractivity contribution in [2.75, 3.05) is 6.61 Å². The molecular formula is C9H18N2O. The summed E-state index contributed by atoms with van der Waals surface area (Å²) in [5.74, 6) is 1.39. The van der Waals surface area contributed by atoms with Crippen LogP contribution in [0.1, 0.15) is 27.2 Å². The number of hydrogen-bond donors (Lipinski definition) is 2. The summed E-state index contributed by atoms with van der Waals surface area (Å²) >= 11 is 0. The second-order valence-electron chi connectivity index (χ2n) is 3.79. The Balaban J connectivity index is 2.29. The van der Waals surface area contributed by atoms with Gasteiger partial charge in [0.15, 0.2) is 0 Å². The van der Waals surface area contributed by atoms with E-state index < -0.39 is 0 Å². The maximum atomic E-state index is 8.72. The number of aliphatic hydroxyl groups is 1. The molecule has 0 heterocycles. The standard InChI is InChI=1S/C9H18N2O/c1-6-4-9(8(6)3)11-10-7(2)5-12/h6-8,10,12H,4-5H2,1-3H3/b11-9+. The zero-order valence-corrected chi connectivity index (χ0v) is 8.04. The molecule has 3 unspecified atom stereocenters. The topological polar surface area (TPSA) is 44.6 Å². The van der Waals surface area contributed by atoms with Gasteiger partial charge in [-0.2, -0.15) is 5.10 Å². The van der Waals surface area contributed by atoms with Crippen LogP contribution in [0.25, 0.3) is 0 Å². The third-order valence-corrected chi connectivity index (χ3v) is 2.61. The molecule has 1 aliphatic rings. The lowest BCUT2D eigenvalue weighted by molar-refractivity contribution is 0.252. The molecule has 0 aromatic heterocycles. The highest BCUT2D eigenvalue weighted by atomic mass is 16.3. The molecular weight excluding hydrogens is 152 g/mol. The minimum absolute atomic E-state index is 0.0700. The van der Waals surface area contributed by atoms with Gasteiger partial charge in [0.1, 0.15) is 0 Å². The Bertz CT molecular complexity index is 179. The van der Waals surface area contributed by atoms with E-state index in [1.165, 1.54) is 5.71 Å². The van der Waals surface area contributed by atoms with Crippen LogP contribution < -0.4 is 5.43 Å². The monoisotopic (exact) mass is 170 g/mol. The average molecular weight is 170 g/mol. The molecule has 0 amide bonds. The van der Waals surface area contributed by atoms with E-state index in [1.54, 1.807) is 0 Å². The molecule has 3 heteroatoms. The predicted octanol–water partition coefficient (Wildman–Crippen LogP) is 0.989. The Kier molecular flexibility index (Phi) is 3.09. The van der Waals surface area contributed by atoms with Gasteiger partial charge in [0.25, 0.3) is 0 Å². The van der Waals surface area contributed by atoms with Crippen LogP contribution in [0, 0.1) is 11.8 Å². The highest BCUT2D eigenvalue weighted by Crippen LogP contribution is 2.30. The third-order valence-electron chi connectivity index (χ3n) is 2.61. The zero-order valence-electron chi connectivity index (χ0n) is 8.04. The summed E-state index contributed by atoms with van der Waals surface area (Å²) in [6.45, 7) is 6.48. The van der Waals surface area contributed by atoms with E-state index in [0.717, 1.165) is 12.3 Å². The van der Waals surface area contributed by atoms with Crippen molar-refractivity contribution in [1.29, 1.82) is 0 Å². The Hall–Kier alpha value is -0.570. The van der Waals surface area contributed by atoms with Crippen LogP contribution in [0.2, 0.25) is 0 Å². The number of rotatable bonds is 3. The van der Waals surface area contributed by atoms with Gasteiger partial charge in [0, 0.05) is 5.71 Å². The van der Waals surface area contributed by atoms with Gasteiger partial charge in [0.2, 0.25) is 0 Å². The van der Waals surface area contributed by atoms with E-state index in [0.29, 0.717) is 5.92 Å². The molecule has 70 valence electrons. The molecule has 3 nitrogen and oxygen atoms in total. The van der Waals surface area contributed by atoms with Gasteiger partial charge in [-0.05, 0) is 25.2 Å². The van der Waals surface area contributed by atoms with Crippen LogP contribution in [0.3, 0.4) is 0 Å². The second-order valence-corrected chi connectivity index (χ2v) is 3.79. The minimum atomic E-state index is 0.0700.